The highest BCUT2D eigenvalue weighted by molar-refractivity contribution is 4.85. The highest BCUT2D eigenvalue weighted by atomic mass is 16.5. The third-order valence-electron chi connectivity index (χ3n) is 3.35. The van der Waals surface area contributed by atoms with E-state index in [0.717, 1.165) is 25.9 Å². The predicted octanol–water partition coefficient (Wildman–Crippen LogP) is 0.792. The van der Waals surface area contributed by atoms with Gasteiger partial charge < -0.3 is 19.9 Å². The van der Waals surface area contributed by atoms with Crippen molar-refractivity contribution in [1.29, 1.82) is 0 Å². The number of aliphatic hydroxyl groups is 1. The van der Waals surface area contributed by atoms with Crippen molar-refractivity contribution in [3.63, 3.8) is 0 Å². The number of nitrogens with one attached hydrogen (secondary N) is 1. The zero-order valence-electron chi connectivity index (χ0n) is 10.3. The third-order valence-corrected chi connectivity index (χ3v) is 3.35. The van der Waals surface area contributed by atoms with Crippen molar-refractivity contribution in [3.8, 4) is 0 Å². The van der Waals surface area contributed by atoms with Crippen molar-refractivity contribution in [2.75, 3.05) is 46.6 Å². The maximum atomic E-state index is 9.40. The maximum Gasteiger partial charge on any atom is 0.0700 e. The van der Waals surface area contributed by atoms with Gasteiger partial charge in [0, 0.05) is 32.2 Å². The van der Waals surface area contributed by atoms with Crippen molar-refractivity contribution in [1.82, 2.24) is 5.32 Å². The molecule has 0 spiro atoms. The average molecular weight is 231 g/mol. The second-order valence-corrected chi connectivity index (χ2v) is 4.65. The first-order valence-corrected chi connectivity index (χ1v) is 6.21. The van der Waals surface area contributed by atoms with Gasteiger partial charge in [-0.25, -0.2) is 0 Å². The summed E-state index contributed by atoms with van der Waals surface area (Å²) in [6, 6.07) is 0. The summed E-state index contributed by atoms with van der Waals surface area (Å²) in [5.41, 5.74) is 0.145. The fraction of sp³-hybridized carbons (Fsp3) is 1.00. The molecule has 0 saturated heterocycles. The second-order valence-electron chi connectivity index (χ2n) is 4.65. The van der Waals surface area contributed by atoms with Gasteiger partial charge in [0.1, 0.15) is 0 Å². The van der Waals surface area contributed by atoms with Crippen LogP contribution in [0.3, 0.4) is 0 Å². The van der Waals surface area contributed by atoms with E-state index < -0.39 is 0 Å². The summed E-state index contributed by atoms with van der Waals surface area (Å²) in [7, 11) is 1.67. The molecule has 2 N–H and O–H groups in total. The smallest absolute Gasteiger partial charge is 0.0700 e. The minimum Gasteiger partial charge on any atom is -0.396 e. The molecule has 0 amide bonds. The Balaban J connectivity index is 1.97. The standard InChI is InChI=1S/C12H25NO3/c1-15-8-9-16-7-6-13-10-12(11-14)4-2-3-5-12/h13-14H,2-11H2,1H3. The molecular weight excluding hydrogens is 206 g/mol. The number of ether oxygens (including phenoxy) is 2. The number of methoxy groups -OCH3 is 1. The Kier molecular flexibility index (Phi) is 6.96. The first-order chi connectivity index (χ1) is 7.83. The summed E-state index contributed by atoms with van der Waals surface area (Å²) < 4.78 is 10.2. The van der Waals surface area contributed by atoms with Crippen LogP contribution in [0.5, 0.6) is 0 Å². The lowest BCUT2D eigenvalue weighted by atomic mass is 9.87. The molecule has 0 radical (unpaired) electrons. The quantitative estimate of drug-likeness (QED) is 0.576. The summed E-state index contributed by atoms with van der Waals surface area (Å²) >= 11 is 0. The Hall–Kier alpha value is -0.160. The lowest BCUT2D eigenvalue weighted by Crippen LogP contribution is -2.36. The fourth-order valence-corrected chi connectivity index (χ4v) is 2.26. The van der Waals surface area contributed by atoms with Crippen LogP contribution < -0.4 is 5.32 Å². The molecule has 0 atom stereocenters. The Morgan fingerprint density at radius 3 is 2.56 bits per heavy atom. The van der Waals surface area contributed by atoms with Crippen LogP contribution in [0.2, 0.25) is 0 Å². The van der Waals surface area contributed by atoms with Gasteiger partial charge in [-0.1, -0.05) is 12.8 Å². The van der Waals surface area contributed by atoms with Gasteiger partial charge in [0.15, 0.2) is 0 Å². The first-order valence-electron chi connectivity index (χ1n) is 6.21. The lowest BCUT2D eigenvalue weighted by molar-refractivity contribution is 0.0687. The van der Waals surface area contributed by atoms with Crippen LogP contribution in [-0.2, 0) is 9.47 Å². The molecular formula is C12H25NO3. The van der Waals surface area contributed by atoms with Gasteiger partial charge in [0.2, 0.25) is 0 Å². The van der Waals surface area contributed by atoms with Crippen LogP contribution >= 0.6 is 0 Å². The van der Waals surface area contributed by atoms with E-state index in [0.29, 0.717) is 26.4 Å². The molecule has 1 saturated carbocycles. The van der Waals surface area contributed by atoms with E-state index in [4.69, 9.17) is 9.47 Å². The summed E-state index contributed by atoms with van der Waals surface area (Å²) in [4.78, 5) is 0. The molecule has 0 bridgehead atoms. The summed E-state index contributed by atoms with van der Waals surface area (Å²) in [5.74, 6) is 0. The number of aliphatic hydroxyl groups excluding tert-OH is 1. The van der Waals surface area contributed by atoms with Crippen LogP contribution in [-0.4, -0.2) is 51.7 Å². The van der Waals surface area contributed by atoms with Crippen molar-refractivity contribution >= 4 is 0 Å². The van der Waals surface area contributed by atoms with E-state index in [2.05, 4.69) is 5.32 Å². The Labute approximate surface area is 98.3 Å². The van der Waals surface area contributed by atoms with E-state index in [9.17, 15) is 5.11 Å². The zero-order valence-corrected chi connectivity index (χ0v) is 10.3. The Morgan fingerprint density at radius 1 is 1.19 bits per heavy atom. The van der Waals surface area contributed by atoms with Crippen LogP contribution in [0, 0.1) is 5.41 Å². The molecule has 1 aliphatic rings. The molecule has 1 fully saturated rings. The molecule has 4 heteroatoms. The van der Waals surface area contributed by atoms with Crippen LogP contribution in [0.25, 0.3) is 0 Å². The van der Waals surface area contributed by atoms with Gasteiger partial charge in [0.05, 0.1) is 19.8 Å². The second kappa shape index (κ2) is 8.01. The molecule has 1 aliphatic carbocycles. The van der Waals surface area contributed by atoms with Crippen molar-refractivity contribution in [3.05, 3.63) is 0 Å². The molecule has 0 aliphatic heterocycles. The number of rotatable bonds is 9. The molecule has 0 unspecified atom stereocenters. The third kappa shape index (κ3) is 4.78. The van der Waals surface area contributed by atoms with E-state index >= 15 is 0 Å². The maximum absolute atomic E-state index is 9.40. The van der Waals surface area contributed by atoms with Crippen LogP contribution in [0.4, 0.5) is 0 Å². The van der Waals surface area contributed by atoms with Gasteiger partial charge in [-0.2, -0.15) is 0 Å². The van der Waals surface area contributed by atoms with Gasteiger partial charge in [-0.3, -0.25) is 0 Å². The van der Waals surface area contributed by atoms with Crippen molar-refractivity contribution in [2.45, 2.75) is 25.7 Å². The molecule has 0 heterocycles. The number of hydrogen-bond donors (Lipinski definition) is 2. The monoisotopic (exact) mass is 231 g/mol. The normalized spacial score (nSPS) is 19.1. The van der Waals surface area contributed by atoms with Crippen LogP contribution in [0.1, 0.15) is 25.7 Å². The summed E-state index contributed by atoms with van der Waals surface area (Å²) in [5, 5.41) is 12.8. The Bertz CT molecular complexity index is 170. The minimum atomic E-state index is 0.145. The molecule has 16 heavy (non-hydrogen) atoms. The molecule has 0 aromatic carbocycles. The average Bonchev–Trinajstić information content (AvgIpc) is 2.77. The van der Waals surface area contributed by atoms with Gasteiger partial charge in [-0.05, 0) is 12.8 Å². The fourth-order valence-electron chi connectivity index (χ4n) is 2.26. The SMILES string of the molecule is COCCOCCNCC1(CO)CCCC1. The van der Waals surface area contributed by atoms with Crippen LogP contribution in [0.15, 0.2) is 0 Å². The van der Waals surface area contributed by atoms with Gasteiger partial charge in [-0.15, -0.1) is 0 Å². The van der Waals surface area contributed by atoms with Gasteiger partial charge in [0.25, 0.3) is 0 Å². The topological polar surface area (TPSA) is 50.7 Å². The number of hydrogen-bond acceptors (Lipinski definition) is 4. The molecule has 1 rings (SSSR count). The summed E-state index contributed by atoms with van der Waals surface area (Å²) in [6.45, 7) is 4.10. The van der Waals surface area contributed by atoms with E-state index in [1.807, 2.05) is 0 Å². The largest absolute Gasteiger partial charge is 0.396 e. The summed E-state index contributed by atoms with van der Waals surface area (Å²) in [6.07, 6.45) is 4.82. The minimum absolute atomic E-state index is 0.145. The molecule has 96 valence electrons. The van der Waals surface area contributed by atoms with E-state index in [1.165, 1.54) is 12.8 Å². The molecule has 0 aromatic rings. The predicted molar refractivity (Wildman–Crippen MR) is 63.6 cm³/mol. The van der Waals surface area contributed by atoms with E-state index in [-0.39, 0.29) is 5.41 Å². The van der Waals surface area contributed by atoms with Crippen molar-refractivity contribution < 1.29 is 14.6 Å². The van der Waals surface area contributed by atoms with Gasteiger partial charge >= 0.3 is 0 Å². The first kappa shape index (κ1) is 13.9. The Morgan fingerprint density at radius 2 is 1.94 bits per heavy atom. The van der Waals surface area contributed by atoms with Crippen molar-refractivity contribution in [2.24, 2.45) is 5.41 Å². The molecule has 0 aromatic heterocycles. The zero-order chi connectivity index (χ0) is 11.7. The highest BCUT2D eigenvalue weighted by Crippen LogP contribution is 2.36. The lowest BCUT2D eigenvalue weighted by Gasteiger charge is -2.26. The highest BCUT2D eigenvalue weighted by Gasteiger charge is 2.32. The van der Waals surface area contributed by atoms with E-state index in [1.54, 1.807) is 7.11 Å². The molecule has 4 nitrogen and oxygen atoms in total.